The quantitative estimate of drug-likeness (QED) is 0.397. The third-order valence-electron chi connectivity index (χ3n) is 5.58. The summed E-state index contributed by atoms with van der Waals surface area (Å²) in [5.41, 5.74) is 4.71. The largest absolute Gasteiger partial charge is 0.289 e. The number of piperidine rings is 1. The van der Waals surface area contributed by atoms with Crippen molar-refractivity contribution in [3.8, 4) is 0 Å². The third kappa shape index (κ3) is 5.34. The van der Waals surface area contributed by atoms with Crippen molar-refractivity contribution in [1.82, 2.24) is 4.90 Å². The van der Waals surface area contributed by atoms with Gasteiger partial charge in [0.25, 0.3) is 0 Å². The molecule has 4 rings (SSSR count). The molecule has 3 aromatic rings. The van der Waals surface area contributed by atoms with E-state index in [0.717, 1.165) is 22.3 Å². The first-order valence-corrected chi connectivity index (χ1v) is 11.0. The van der Waals surface area contributed by atoms with Crippen molar-refractivity contribution in [1.29, 1.82) is 0 Å². The van der Waals surface area contributed by atoms with Crippen molar-refractivity contribution >= 4 is 41.1 Å². The second kappa shape index (κ2) is 9.65. The molecule has 0 N–H and O–H groups in total. The number of hydrogen-bond acceptors (Lipinski definition) is 2. The van der Waals surface area contributed by atoms with Gasteiger partial charge in [-0.1, -0.05) is 77.8 Å². The highest BCUT2D eigenvalue weighted by Crippen LogP contribution is 2.29. The predicted molar refractivity (Wildman–Crippen MR) is 130 cm³/mol. The molecule has 1 fully saturated rings. The van der Waals surface area contributed by atoms with E-state index in [2.05, 4.69) is 36.1 Å². The van der Waals surface area contributed by atoms with Gasteiger partial charge in [0.15, 0.2) is 5.78 Å². The van der Waals surface area contributed by atoms with E-state index in [-0.39, 0.29) is 11.8 Å². The van der Waals surface area contributed by atoms with E-state index in [1.165, 1.54) is 5.56 Å². The maximum absolute atomic E-state index is 13.4. The molecule has 0 radical (unpaired) electrons. The maximum atomic E-state index is 13.4. The lowest BCUT2D eigenvalue weighted by Crippen LogP contribution is -2.39. The van der Waals surface area contributed by atoms with Crippen molar-refractivity contribution in [3.63, 3.8) is 0 Å². The van der Waals surface area contributed by atoms with Crippen LogP contribution < -0.4 is 0 Å². The monoisotopic (exact) mass is 447 g/mol. The highest BCUT2D eigenvalue weighted by Gasteiger charge is 2.29. The molecule has 0 aromatic heterocycles. The zero-order chi connectivity index (χ0) is 21.8. The first-order chi connectivity index (χ1) is 15.0. The molecule has 1 heterocycles. The molecule has 1 saturated heterocycles. The Bertz CT molecular complexity index is 1050. The van der Waals surface area contributed by atoms with E-state index < -0.39 is 0 Å². The fraction of sp³-hybridized carbons (Fsp3) is 0.148. The molecule has 0 amide bonds. The second-order valence-corrected chi connectivity index (χ2v) is 8.64. The highest BCUT2D eigenvalue weighted by molar-refractivity contribution is 6.30. The molecule has 0 spiro atoms. The van der Waals surface area contributed by atoms with Gasteiger partial charge in [0.2, 0.25) is 0 Å². The first kappa shape index (κ1) is 21.6. The molecule has 31 heavy (non-hydrogen) atoms. The molecule has 0 aliphatic carbocycles. The van der Waals surface area contributed by atoms with Gasteiger partial charge in [0.1, 0.15) is 0 Å². The topological polar surface area (TPSA) is 20.3 Å². The lowest BCUT2D eigenvalue weighted by Gasteiger charge is -2.35. The van der Waals surface area contributed by atoms with Crippen LogP contribution in [0.4, 0.5) is 0 Å². The van der Waals surface area contributed by atoms with Gasteiger partial charge < -0.3 is 0 Å². The summed E-state index contributed by atoms with van der Waals surface area (Å²) >= 11 is 12.1. The van der Waals surface area contributed by atoms with Gasteiger partial charge >= 0.3 is 0 Å². The van der Waals surface area contributed by atoms with Gasteiger partial charge in [-0.25, -0.2) is 0 Å². The Morgan fingerprint density at radius 3 is 1.65 bits per heavy atom. The van der Waals surface area contributed by atoms with Crippen molar-refractivity contribution < 1.29 is 4.79 Å². The summed E-state index contributed by atoms with van der Waals surface area (Å²) in [6, 6.07) is 25.7. The van der Waals surface area contributed by atoms with Crippen molar-refractivity contribution in [2.45, 2.75) is 13.0 Å². The molecule has 4 heteroatoms. The number of halogens is 2. The third-order valence-corrected chi connectivity index (χ3v) is 6.09. The fourth-order valence-electron chi connectivity index (χ4n) is 3.80. The van der Waals surface area contributed by atoms with E-state index in [4.69, 9.17) is 23.2 Å². The maximum Gasteiger partial charge on any atom is 0.187 e. The standard InChI is InChI=1S/C27H23Cl2NO/c1-19(22-5-3-2-4-6-22)30-17-23(15-20-7-11-25(28)12-8-20)27(31)24(18-30)16-21-9-13-26(29)14-10-21/h2-16,19H,17-18H2,1H3/b23-15+,24-16+/t19-/m1/s1. The molecule has 156 valence electrons. The number of benzene rings is 3. The summed E-state index contributed by atoms with van der Waals surface area (Å²) in [5, 5.41) is 1.36. The Morgan fingerprint density at radius 2 is 1.19 bits per heavy atom. The van der Waals surface area contributed by atoms with Crippen LogP contribution in [-0.2, 0) is 4.79 Å². The van der Waals surface area contributed by atoms with Gasteiger partial charge in [-0.15, -0.1) is 0 Å². The number of likely N-dealkylation sites (tertiary alicyclic amines) is 1. The smallest absolute Gasteiger partial charge is 0.187 e. The normalized spacial score (nSPS) is 18.5. The van der Waals surface area contributed by atoms with E-state index in [0.29, 0.717) is 23.1 Å². The number of hydrogen-bond donors (Lipinski definition) is 0. The van der Waals surface area contributed by atoms with Crippen LogP contribution in [0.1, 0.15) is 29.7 Å². The van der Waals surface area contributed by atoms with E-state index >= 15 is 0 Å². The van der Waals surface area contributed by atoms with Gasteiger partial charge in [-0.2, -0.15) is 0 Å². The number of nitrogens with zero attached hydrogens (tertiary/aromatic N) is 1. The second-order valence-electron chi connectivity index (χ2n) is 7.76. The first-order valence-electron chi connectivity index (χ1n) is 10.3. The number of Topliss-reactive ketones (excluding diaryl/α,β-unsaturated/α-hetero) is 1. The van der Waals surface area contributed by atoms with Gasteiger partial charge in [0.05, 0.1) is 0 Å². The Balaban J connectivity index is 1.71. The molecule has 0 saturated carbocycles. The molecular formula is C27H23Cl2NO. The zero-order valence-electron chi connectivity index (χ0n) is 17.3. The van der Waals surface area contributed by atoms with Crippen LogP contribution in [0, 0.1) is 0 Å². The van der Waals surface area contributed by atoms with Gasteiger partial charge in [-0.3, -0.25) is 9.69 Å². The van der Waals surface area contributed by atoms with Crippen molar-refractivity contribution in [2.75, 3.05) is 13.1 Å². The van der Waals surface area contributed by atoms with E-state index in [1.807, 2.05) is 66.7 Å². The Kier molecular flexibility index (Phi) is 6.72. The lowest BCUT2D eigenvalue weighted by molar-refractivity contribution is -0.113. The average molecular weight is 448 g/mol. The molecule has 1 aliphatic rings. The predicted octanol–water partition coefficient (Wildman–Crippen LogP) is 7.11. The van der Waals surface area contributed by atoms with Crippen LogP contribution >= 0.6 is 23.2 Å². The number of ketones is 1. The molecule has 1 atom stereocenters. The van der Waals surface area contributed by atoms with E-state index in [1.54, 1.807) is 0 Å². The Labute approximate surface area is 193 Å². The Hall–Kier alpha value is -2.65. The summed E-state index contributed by atoms with van der Waals surface area (Å²) in [6.45, 7) is 3.37. The number of carbonyl (C=O) groups is 1. The van der Waals surface area contributed by atoms with Crippen molar-refractivity contribution in [3.05, 3.63) is 117 Å². The summed E-state index contributed by atoms with van der Waals surface area (Å²) < 4.78 is 0. The zero-order valence-corrected chi connectivity index (χ0v) is 18.8. The number of rotatable bonds is 4. The lowest BCUT2D eigenvalue weighted by atomic mass is 9.92. The van der Waals surface area contributed by atoms with Crippen LogP contribution in [0.15, 0.2) is 90.0 Å². The molecule has 1 aliphatic heterocycles. The highest BCUT2D eigenvalue weighted by atomic mass is 35.5. The SMILES string of the molecule is C[C@H](c1ccccc1)N1C/C(=C\c2ccc(Cl)cc2)C(=O)/C(=C/c2ccc(Cl)cc2)C1. The minimum Gasteiger partial charge on any atom is -0.289 e. The van der Waals surface area contributed by atoms with Crippen LogP contribution in [0.3, 0.4) is 0 Å². The minimum absolute atomic E-state index is 0.0846. The van der Waals surface area contributed by atoms with Crippen molar-refractivity contribution in [2.24, 2.45) is 0 Å². The van der Waals surface area contributed by atoms with Gasteiger partial charge in [-0.05, 0) is 60.0 Å². The van der Waals surface area contributed by atoms with Crippen LogP contribution in [-0.4, -0.2) is 23.8 Å². The van der Waals surface area contributed by atoms with Crippen LogP contribution in [0.5, 0.6) is 0 Å². The molecule has 2 nitrogen and oxygen atoms in total. The van der Waals surface area contributed by atoms with Crippen LogP contribution in [0.2, 0.25) is 10.0 Å². The summed E-state index contributed by atoms with van der Waals surface area (Å²) in [5.74, 6) is 0.0846. The minimum atomic E-state index is 0.0846. The van der Waals surface area contributed by atoms with Gasteiger partial charge in [0, 0.05) is 40.3 Å². The Morgan fingerprint density at radius 1 is 0.742 bits per heavy atom. The molecule has 0 bridgehead atoms. The average Bonchev–Trinajstić information content (AvgIpc) is 2.79. The van der Waals surface area contributed by atoms with Crippen LogP contribution in [0.25, 0.3) is 12.2 Å². The molecular weight excluding hydrogens is 425 g/mol. The molecule has 3 aromatic carbocycles. The summed E-state index contributed by atoms with van der Waals surface area (Å²) in [6.07, 6.45) is 3.94. The molecule has 0 unspecified atom stereocenters. The number of carbonyl (C=O) groups excluding carboxylic acids is 1. The summed E-state index contributed by atoms with van der Waals surface area (Å²) in [7, 11) is 0. The fourth-order valence-corrected chi connectivity index (χ4v) is 4.05. The van der Waals surface area contributed by atoms with E-state index in [9.17, 15) is 4.79 Å². The summed E-state index contributed by atoms with van der Waals surface area (Å²) in [4.78, 5) is 15.7.